The molecule has 7 nitrogen and oxygen atoms in total. The Balaban J connectivity index is 1.96. The van der Waals surface area contributed by atoms with E-state index in [-0.39, 0.29) is 36.0 Å². The lowest BCUT2D eigenvalue weighted by Crippen LogP contribution is -2.29. The highest BCUT2D eigenvalue weighted by atomic mass is 16.5. The zero-order chi connectivity index (χ0) is 19.7. The van der Waals surface area contributed by atoms with E-state index in [0.717, 1.165) is 0 Å². The lowest BCUT2D eigenvalue weighted by atomic mass is 9.96. The van der Waals surface area contributed by atoms with Crippen molar-refractivity contribution in [3.8, 4) is 11.5 Å². The molecule has 1 fully saturated rings. The first-order valence-electron chi connectivity index (χ1n) is 9.18. The van der Waals surface area contributed by atoms with E-state index in [0.29, 0.717) is 30.6 Å². The molecule has 0 radical (unpaired) electrons. The number of ketones is 2. The van der Waals surface area contributed by atoms with Crippen LogP contribution in [0.25, 0.3) is 0 Å². The minimum Gasteiger partial charge on any atom is -0.507 e. The van der Waals surface area contributed by atoms with E-state index < -0.39 is 29.7 Å². The van der Waals surface area contributed by atoms with Crippen molar-refractivity contribution in [2.45, 2.75) is 57.2 Å². The van der Waals surface area contributed by atoms with E-state index in [1.54, 1.807) is 13.0 Å². The molecule has 0 saturated heterocycles. The third-order valence-corrected chi connectivity index (χ3v) is 5.30. The summed E-state index contributed by atoms with van der Waals surface area (Å²) in [5, 5.41) is 20.3. The Labute approximate surface area is 157 Å². The molecule has 0 bridgehead atoms. The van der Waals surface area contributed by atoms with Crippen molar-refractivity contribution < 1.29 is 34.1 Å². The Hall–Kier alpha value is -2.41. The Kier molecular flexibility index (Phi) is 5.51. The van der Waals surface area contributed by atoms with E-state index in [4.69, 9.17) is 9.47 Å². The van der Waals surface area contributed by atoms with Crippen LogP contribution in [0.1, 0.15) is 60.9 Å². The van der Waals surface area contributed by atoms with Gasteiger partial charge < -0.3 is 19.7 Å². The molecule has 1 aromatic rings. The second kappa shape index (κ2) is 7.68. The minimum absolute atomic E-state index is 0.0173. The number of hydrogen-bond donors (Lipinski definition) is 2. The van der Waals surface area contributed by atoms with Crippen molar-refractivity contribution >= 4 is 17.5 Å². The number of aliphatic hydroxyl groups excluding tert-OH is 1. The SMILES string of the molecule is COc1cc(O)c2c(c1)C1CC1CC(=O)C(=O)C(O)CCC[C@H](C)OC2=O. The van der Waals surface area contributed by atoms with Crippen LogP contribution in [0, 0.1) is 5.92 Å². The number of hydrogen-bond acceptors (Lipinski definition) is 7. The number of methoxy groups -OCH3 is 1. The number of esters is 1. The first-order valence-corrected chi connectivity index (χ1v) is 9.18. The van der Waals surface area contributed by atoms with Crippen molar-refractivity contribution in [1.29, 1.82) is 0 Å². The van der Waals surface area contributed by atoms with Crippen LogP contribution in [-0.2, 0) is 14.3 Å². The average Bonchev–Trinajstić information content (AvgIpc) is 3.38. The van der Waals surface area contributed by atoms with Gasteiger partial charge in [-0.1, -0.05) is 0 Å². The highest BCUT2D eigenvalue weighted by molar-refractivity contribution is 6.38. The molecule has 7 heteroatoms. The van der Waals surface area contributed by atoms with Crippen molar-refractivity contribution in [3.63, 3.8) is 0 Å². The topological polar surface area (TPSA) is 110 Å². The Bertz CT molecular complexity index is 770. The van der Waals surface area contributed by atoms with Gasteiger partial charge in [-0.15, -0.1) is 0 Å². The molecule has 0 aromatic heterocycles. The Morgan fingerprint density at radius 2 is 1.93 bits per heavy atom. The number of fused-ring (bicyclic) bond motifs is 3. The highest BCUT2D eigenvalue weighted by Crippen LogP contribution is 2.52. The van der Waals surface area contributed by atoms with Crippen LogP contribution in [0.15, 0.2) is 12.1 Å². The van der Waals surface area contributed by atoms with Crippen molar-refractivity contribution in [1.82, 2.24) is 0 Å². The summed E-state index contributed by atoms with van der Waals surface area (Å²) in [5.41, 5.74) is 0.651. The standard InChI is InChI=1S/C20H24O7/c1-10-4-3-5-15(21)19(24)17(23)7-11-6-13(11)14-8-12(26-2)9-16(22)18(14)20(25)27-10/h8-11,13,15,21-22H,3-7H2,1-2H3/t10-,11?,13?,15?/m0/s1. The fraction of sp³-hybridized carbons (Fsp3) is 0.550. The summed E-state index contributed by atoms with van der Waals surface area (Å²) >= 11 is 0. The normalized spacial score (nSPS) is 29.2. The summed E-state index contributed by atoms with van der Waals surface area (Å²) in [7, 11) is 1.46. The highest BCUT2D eigenvalue weighted by Gasteiger charge is 2.44. The van der Waals surface area contributed by atoms with Gasteiger partial charge in [0.05, 0.1) is 13.2 Å². The summed E-state index contributed by atoms with van der Waals surface area (Å²) < 4.78 is 10.6. The third-order valence-electron chi connectivity index (χ3n) is 5.30. The molecule has 0 amide bonds. The first kappa shape index (κ1) is 19.4. The van der Waals surface area contributed by atoms with Crippen LogP contribution in [-0.4, -0.2) is 47.1 Å². The molecule has 1 aliphatic heterocycles. The summed E-state index contributed by atoms with van der Waals surface area (Å²) in [5.74, 6) is -2.06. The van der Waals surface area contributed by atoms with Crippen LogP contribution >= 0.6 is 0 Å². The number of carbonyl (C=O) groups is 3. The van der Waals surface area contributed by atoms with Gasteiger partial charge in [-0.2, -0.15) is 0 Å². The van der Waals surface area contributed by atoms with E-state index in [9.17, 15) is 24.6 Å². The predicted octanol–water partition coefficient (Wildman–Crippen LogP) is 2.12. The van der Waals surface area contributed by atoms with E-state index in [1.807, 2.05) is 0 Å². The van der Waals surface area contributed by atoms with Crippen LogP contribution in [0.2, 0.25) is 0 Å². The second-order valence-electron chi connectivity index (χ2n) is 7.37. The molecule has 4 atom stereocenters. The average molecular weight is 376 g/mol. The molecule has 2 N–H and O–H groups in total. The number of benzene rings is 1. The number of carbonyl (C=O) groups excluding carboxylic acids is 3. The number of cyclic esters (lactones) is 1. The van der Waals surface area contributed by atoms with Crippen molar-refractivity contribution in [2.75, 3.05) is 7.11 Å². The zero-order valence-electron chi connectivity index (χ0n) is 15.4. The van der Waals surface area contributed by atoms with Gasteiger partial charge in [0.1, 0.15) is 23.2 Å². The van der Waals surface area contributed by atoms with E-state index in [1.165, 1.54) is 13.2 Å². The number of rotatable bonds is 1. The fourth-order valence-electron chi connectivity index (χ4n) is 3.66. The monoisotopic (exact) mass is 376 g/mol. The van der Waals surface area contributed by atoms with Crippen LogP contribution < -0.4 is 4.74 Å². The van der Waals surface area contributed by atoms with Crippen molar-refractivity contribution in [3.05, 3.63) is 23.3 Å². The Morgan fingerprint density at radius 1 is 1.19 bits per heavy atom. The summed E-state index contributed by atoms with van der Waals surface area (Å²) in [4.78, 5) is 36.9. The van der Waals surface area contributed by atoms with Gasteiger partial charge >= 0.3 is 5.97 Å². The number of ether oxygens (including phenoxy) is 2. The smallest absolute Gasteiger partial charge is 0.342 e. The number of aliphatic hydroxyl groups is 1. The molecule has 146 valence electrons. The number of phenols is 1. The van der Waals surface area contributed by atoms with Crippen LogP contribution in [0.3, 0.4) is 0 Å². The zero-order valence-corrected chi connectivity index (χ0v) is 15.4. The lowest BCUT2D eigenvalue weighted by Gasteiger charge is -2.18. The van der Waals surface area contributed by atoms with Gasteiger partial charge in [0.15, 0.2) is 0 Å². The van der Waals surface area contributed by atoms with Gasteiger partial charge in [0.25, 0.3) is 0 Å². The summed E-state index contributed by atoms with van der Waals surface area (Å²) in [6, 6.07) is 3.02. The fourth-order valence-corrected chi connectivity index (χ4v) is 3.66. The van der Waals surface area contributed by atoms with Gasteiger partial charge in [-0.05, 0) is 56.1 Å². The molecular weight excluding hydrogens is 352 g/mol. The molecule has 3 rings (SSSR count). The summed E-state index contributed by atoms with van der Waals surface area (Å²) in [6.45, 7) is 1.71. The molecule has 1 saturated carbocycles. The molecule has 3 unspecified atom stereocenters. The van der Waals surface area contributed by atoms with Gasteiger partial charge in [0.2, 0.25) is 11.6 Å². The molecular formula is C20H24O7. The van der Waals surface area contributed by atoms with Crippen molar-refractivity contribution in [2.24, 2.45) is 5.92 Å². The van der Waals surface area contributed by atoms with Gasteiger partial charge in [0, 0.05) is 12.5 Å². The molecule has 1 heterocycles. The molecule has 27 heavy (non-hydrogen) atoms. The van der Waals surface area contributed by atoms with E-state index >= 15 is 0 Å². The number of Topliss-reactive ketones (excluding diaryl/α,β-unsaturated/α-hetero) is 2. The maximum absolute atomic E-state index is 12.7. The van der Waals surface area contributed by atoms with Gasteiger partial charge in [-0.3, -0.25) is 9.59 Å². The lowest BCUT2D eigenvalue weighted by molar-refractivity contribution is -0.142. The largest absolute Gasteiger partial charge is 0.507 e. The molecule has 0 spiro atoms. The number of phenolic OH excluding ortho intramolecular Hbond substituents is 1. The molecule has 1 aliphatic carbocycles. The third kappa shape index (κ3) is 4.13. The first-order chi connectivity index (χ1) is 12.8. The van der Waals surface area contributed by atoms with Crippen LogP contribution in [0.4, 0.5) is 0 Å². The molecule has 2 aliphatic rings. The summed E-state index contributed by atoms with van der Waals surface area (Å²) in [6.07, 6.45) is -0.120. The van der Waals surface area contributed by atoms with Gasteiger partial charge in [-0.25, -0.2) is 4.79 Å². The second-order valence-corrected chi connectivity index (χ2v) is 7.37. The predicted molar refractivity (Wildman–Crippen MR) is 94.9 cm³/mol. The van der Waals surface area contributed by atoms with Crippen LogP contribution in [0.5, 0.6) is 11.5 Å². The maximum Gasteiger partial charge on any atom is 0.342 e. The Morgan fingerprint density at radius 3 is 2.63 bits per heavy atom. The molecule has 1 aromatic carbocycles. The quantitative estimate of drug-likeness (QED) is 0.570. The van der Waals surface area contributed by atoms with E-state index in [2.05, 4.69) is 0 Å². The minimum atomic E-state index is -1.31. The maximum atomic E-state index is 12.7. The number of aromatic hydroxyl groups is 1.